The monoisotopic (exact) mass is 300 g/mol. The number of rotatable bonds is 2. The molecular weight excluding hydrogens is 295 g/mol. The quantitative estimate of drug-likeness (QED) is 0.724. The van der Waals surface area contributed by atoms with E-state index >= 15 is 0 Å². The van der Waals surface area contributed by atoms with E-state index in [0.717, 1.165) is 0 Å². The van der Waals surface area contributed by atoms with Crippen LogP contribution in [0, 0.1) is 17.1 Å². The molecule has 0 saturated heterocycles. The van der Waals surface area contributed by atoms with Crippen molar-refractivity contribution in [3.05, 3.63) is 52.9 Å². The summed E-state index contributed by atoms with van der Waals surface area (Å²) < 4.78 is 18.7. The number of halogens is 2. The Morgan fingerprint density at radius 1 is 1.24 bits per heavy atom. The normalized spacial score (nSPS) is 10.3. The second-order valence-electron chi connectivity index (χ2n) is 4.03. The van der Waals surface area contributed by atoms with Crippen molar-refractivity contribution in [1.29, 1.82) is 5.26 Å². The predicted octanol–water partition coefficient (Wildman–Crippen LogP) is 3.46. The molecule has 0 fully saturated rings. The average molecular weight is 301 g/mol. The van der Waals surface area contributed by atoms with Crippen LogP contribution >= 0.6 is 11.6 Å². The molecule has 0 unspecified atom stereocenters. The van der Waals surface area contributed by atoms with Crippen LogP contribution in [0.25, 0.3) is 23.0 Å². The standard InChI is InChI=1S/C14H6ClFN4O/c15-10-4-2-6-18-12(10)13-19-14(21-20-13)8-3-1-5-11(16)9(8)7-17/h1-6H. The largest absolute Gasteiger partial charge is 0.334 e. The number of benzene rings is 1. The Balaban J connectivity index is 2.10. The van der Waals surface area contributed by atoms with Crippen molar-refractivity contribution in [2.75, 3.05) is 0 Å². The summed E-state index contributed by atoms with van der Waals surface area (Å²) >= 11 is 6.00. The van der Waals surface area contributed by atoms with Crippen molar-refractivity contribution in [2.24, 2.45) is 0 Å². The molecule has 0 N–H and O–H groups in total. The number of nitrogens with zero attached hydrogens (tertiary/aromatic N) is 4. The maximum Gasteiger partial charge on any atom is 0.259 e. The number of pyridine rings is 1. The Kier molecular flexibility index (Phi) is 3.34. The highest BCUT2D eigenvalue weighted by Crippen LogP contribution is 2.28. The van der Waals surface area contributed by atoms with Crippen LogP contribution in [0.3, 0.4) is 0 Å². The molecule has 0 radical (unpaired) electrons. The molecule has 3 rings (SSSR count). The minimum Gasteiger partial charge on any atom is -0.334 e. The SMILES string of the molecule is N#Cc1c(F)cccc1-c1nc(-c2ncccc2Cl)no1. The average Bonchev–Trinajstić information content (AvgIpc) is 2.97. The topological polar surface area (TPSA) is 75.6 Å². The fraction of sp³-hybridized carbons (Fsp3) is 0. The summed E-state index contributed by atoms with van der Waals surface area (Å²) in [4.78, 5) is 8.18. The molecule has 0 aliphatic rings. The first-order chi connectivity index (χ1) is 10.2. The maximum absolute atomic E-state index is 13.6. The van der Waals surface area contributed by atoms with E-state index in [9.17, 15) is 4.39 Å². The van der Waals surface area contributed by atoms with Gasteiger partial charge in [0.15, 0.2) is 0 Å². The Morgan fingerprint density at radius 3 is 2.86 bits per heavy atom. The molecule has 0 spiro atoms. The second kappa shape index (κ2) is 5.31. The maximum atomic E-state index is 13.6. The lowest BCUT2D eigenvalue weighted by Gasteiger charge is -1.98. The molecular formula is C14H6ClFN4O. The lowest BCUT2D eigenvalue weighted by molar-refractivity contribution is 0.431. The highest BCUT2D eigenvalue weighted by Gasteiger charge is 2.18. The Hall–Kier alpha value is -2.78. The van der Waals surface area contributed by atoms with Crippen LogP contribution in [0.2, 0.25) is 5.02 Å². The van der Waals surface area contributed by atoms with E-state index in [-0.39, 0.29) is 22.8 Å². The van der Waals surface area contributed by atoms with Gasteiger partial charge in [0.05, 0.1) is 10.6 Å². The summed E-state index contributed by atoms with van der Waals surface area (Å²) in [5.41, 5.74) is 0.423. The summed E-state index contributed by atoms with van der Waals surface area (Å²) in [6.45, 7) is 0. The van der Waals surface area contributed by atoms with Crippen molar-refractivity contribution in [2.45, 2.75) is 0 Å². The van der Waals surface area contributed by atoms with E-state index in [0.29, 0.717) is 10.7 Å². The summed E-state index contributed by atoms with van der Waals surface area (Å²) in [7, 11) is 0. The Labute approximate surface area is 123 Å². The molecule has 0 bridgehead atoms. The molecule has 2 aromatic heterocycles. The van der Waals surface area contributed by atoms with Gasteiger partial charge in [-0.3, -0.25) is 4.98 Å². The van der Waals surface area contributed by atoms with Gasteiger partial charge in [0.2, 0.25) is 5.82 Å². The van der Waals surface area contributed by atoms with Gasteiger partial charge in [0.1, 0.15) is 23.1 Å². The van der Waals surface area contributed by atoms with E-state index in [1.807, 2.05) is 0 Å². The number of nitriles is 1. The first-order valence-corrected chi connectivity index (χ1v) is 6.22. The van der Waals surface area contributed by atoms with Gasteiger partial charge in [-0.1, -0.05) is 22.8 Å². The molecule has 0 aliphatic heterocycles. The molecule has 0 aliphatic carbocycles. The molecule has 0 atom stereocenters. The van der Waals surface area contributed by atoms with Gasteiger partial charge in [-0.05, 0) is 24.3 Å². The lowest BCUT2D eigenvalue weighted by atomic mass is 10.1. The van der Waals surface area contributed by atoms with Crippen LogP contribution in [-0.2, 0) is 0 Å². The zero-order valence-electron chi connectivity index (χ0n) is 10.4. The Bertz CT molecular complexity index is 856. The van der Waals surface area contributed by atoms with Crippen molar-refractivity contribution >= 4 is 11.6 Å². The van der Waals surface area contributed by atoms with E-state index in [1.54, 1.807) is 24.4 Å². The van der Waals surface area contributed by atoms with E-state index < -0.39 is 5.82 Å². The van der Waals surface area contributed by atoms with Gasteiger partial charge in [-0.2, -0.15) is 10.2 Å². The number of hydrogen-bond acceptors (Lipinski definition) is 5. The minimum absolute atomic E-state index is 0.0303. The summed E-state index contributed by atoms with van der Waals surface area (Å²) in [6.07, 6.45) is 1.54. The third-order valence-corrected chi connectivity index (χ3v) is 3.06. The van der Waals surface area contributed by atoms with E-state index in [1.165, 1.54) is 18.2 Å². The predicted molar refractivity (Wildman–Crippen MR) is 72.6 cm³/mol. The van der Waals surface area contributed by atoms with Crippen LogP contribution in [-0.4, -0.2) is 15.1 Å². The van der Waals surface area contributed by atoms with Gasteiger partial charge >= 0.3 is 0 Å². The highest BCUT2D eigenvalue weighted by molar-refractivity contribution is 6.32. The third-order valence-electron chi connectivity index (χ3n) is 2.75. The smallest absolute Gasteiger partial charge is 0.259 e. The van der Waals surface area contributed by atoms with Gasteiger partial charge in [-0.15, -0.1) is 0 Å². The first-order valence-electron chi connectivity index (χ1n) is 5.84. The molecule has 21 heavy (non-hydrogen) atoms. The zero-order chi connectivity index (χ0) is 14.8. The highest BCUT2D eigenvalue weighted by atomic mass is 35.5. The number of aromatic nitrogens is 3. The van der Waals surface area contributed by atoms with Crippen molar-refractivity contribution in [3.63, 3.8) is 0 Å². The van der Waals surface area contributed by atoms with Crippen LogP contribution in [0.4, 0.5) is 4.39 Å². The molecule has 7 heteroatoms. The molecule has 1 aromatic carbocycles. The summed E-state index contributed by atoms with van der Waals surface area (Å²) in [6, 6.07) is 9.27. The van der Waals surface area contributed by atoms with Crippen LogP contribution in [0.15, 0.2) is 41.1 Å². The molecule has 5 nitrogen and oxygen atoms in total. The van der Waals surface area contributed by atoms with E-state index in [4.69, 9.17) is 21.4 Å². The Morgan fingerprint density at radius 2 is 2.10 bits per heavy atom. The third kappa shape index (κ3) is 2.35. The minimum atomic E-state index is -0.648. The molecule has 102 valence electrons. The van der Waals surface area contributed by atoms with Crippen molar-refractivity contribution in [3.8, 4) is 29.0 Å². The molecule has 3 aromatic rings. The molecule has 0 saturated carbocycles. The van der Waals surface area contributed by atoms with Crippen LogP contribution < -0.4 is 0 Å². The molecule has 2 heterocycles. The molecule has 0 amide bonds. The summed E-state index contributed by atoms with van der Waals surface area (Å²) in [5, 5.41) is 13.1. The van der Waals surface area contributed by atoms with Crippen LogP contribution in [0.5, 0.6) is 0 Å². The van der Waals surface area contributed by atoms with Gasteiger partial charge in [0, 0.05) is 6.20 Å². The fourth-order valence-corrected chi connectivity index (χ4v) is 2.00. The second-order valence-corrected chi connectivity index (χ2v) is 4.44. The van der Waals surface area contributed by atoms with E-state index in [2.05, 4.69) is 15.1 Å². The first kappa shape index (κ1) is 13.2. The number of hydrogen-bond donors (Lipinski definition) is 0. The van der Waals surface area contributed by atoms with Crippen molar-refractivity contribution in [1.82, 2.24) is 15.1 Å². The van der Waals surface area contributed by atoms with Gasteiger partial charge < -0.3 is 4.52 Å². The zero-order valence-corrected chi connectivity index (χ0v) is 11.2. The van der Waals surface area contributed by atoms with Gasteiger partial charge in [0.25, 0.3) is 5.89 Å². The summed E-state index contributed by atoms with van der Waals surface area (Å²) in [5.74, 6) is -0.447. The lowest BCUT2D eigenvalue weighted by Crippen LogP contribution is -1.90. The fourth-order valence-electron chi connectivity index (χ4n) is 1.80. The van der Waals surface area contributed by atoms with Crippen LogP contribution in [0.1, 0.15) is 5.56 Å². The van der Waals surface area contributed by atoms with Gasteiger partial charge in [-0.25, -0.2) is 4.39 Å². The van der Waals surface area contributed by atoms with Crippen molar-refractivity contribution < 1.29 is 8.91 Å².